The number of nitrogens with zero attached hydrogens (tertiary/aromatic N) is 3. The molecule has 2 fully saturated rings. The summed E-state index contributed by atoms with van der Waals surface area (Å²) in [4.78, 5) is 53.2. The van der Waals surface area contributed by atoms with Crippen molar-refractivity contribution in [1.29, 1.82) is 0 Å². The van der Waals surface area contributed by atoms with Gasteiger partial charge in [0.1, 0.15) is 6.54 Å². The van der Waals surface area contributed by atoms with Crippen molar-refractivity contribution in [3.63, 3.8) is 0 Å². The molecule has 4 rings (SSSR count). The van der Waals surface area contributed by atoms with Crippen LogP contribution in [0.15, 0.2) is 36.4 Å². The lowest BCUT2D eigenvalue weighted by Gasteiger charge is -2.28. The van der Waals surface area contributed by atoms with Crippen molar-refractivity contribution >= 4 is 29.3 Å². The Balaban J connectivity index is 1.40. The number of imide groups is 2. The SMILES string of the molecule is O=C(CN1C(=O)C(=O)N(C2CCCC2)C1=O)N1CC=C(c2ccccc2)CC1. The maximum atomic E-state index is 12.6. The van der Waals surface area contributed by atoms with Crippen LogP contribution in [0.4, 0.5) is 4.79 Å². The van der Waals surface area contributed by atoms with E-state index in [0.29, 0.717) is 19.5 Å². The zero-order chi connectivity index (χ0) is 19.7. The highest BCUT2D eigenvalue weighted by atomic mass is 16.2. The Hall–Kier alpha value is -2.96. The zero-order valence-corrected chi connectivity index (χ0v) is 15.7. The van der Waals surface area contributed by atoms with E-state index in [4.69, 9.17) is 0 Å². The van der Waals surface area contributed by atoms with Crippen molar-refractivity contribution in [2.75, 3.05) is 19.6 Å². The quantitative estimate of drug-likeness (QED) is 0.591. The van der Waals surface area contributed by atoms with Crippen LogP contribution in [0, 0.1) is 0 Å². The highest BCUT2D eigenvalue weighted by Gasteiger charge is 2.48. The average molecular weight is 381 g/mol. The molecule has 5 amide bonds. The number of carbonyl (C=O) groups is 4. The minimum atomic E-state index is -0.886. The topological polar surface area (TPSA) is 78.0 Å². The molecule has 3 aliphatic rings. The summed E-state index contributed by atoms with van der Waals surface area (Å²) >= 11 is 0. The molecule has 2 heterocycles. The van der Waals surface area contributed by atoms with Crippen molar-refractivity contribution in [3.05, 3.63) is 42.0 Å². The van der Waals surface area contributed by atoms with Gasteiger partial charge in [0.15, 0.2) is 0 Å². The normalized spacial score (nSPS) is 20.9. The summed E-state index contributed by atoms with van der Waals surface area (Å²) < 4.78 is 0. The molecule has 0 bridgehead atoms. The average Bonchev–Trinajstić information content (AvgIpc) is 3.32. The number of hydrogen-bond donors (Lipinski definition) is 0. The summed E-state index contributed by atoms with van der Waals surface area (Å²) in [5.41, 5.74) is 2.32. The van der Waals surface area contributed by atoms with E-state index in [2.05, 4.69) is 0 Å². The summed E-state index contributed by atoms with van der Waals surface area (Å²) in [6.45, 7) is 0.580. The first-order chi connectivity index (χ1) is 13.6. The van der Waals surface area contributed by atoms with Gasteiger partial charge in [-0.15, -0.1) is 0 Å². The fraction of sp³-hybridized carbons (Fsp3) is 0.429. The monoisotopic (exact) mass is 381 g/mol. The van der Waals surface area contributed by atoms with Crippen LogP contribution < -0.4 is 0 Å². The fourth-order valence-corrected chi connectivity index (χ4v) is 4.19. The predicted molar refractivity (Wildman–Crippen MR) is 102 cm³/mol. The maximum absolute atomic E-state index is 12.6. The van der Waals surface area contributed by atoms with Gasteiger partial charge in [-0.3, -0.25) is 19.3 Å². The van der Waals surface area contributed by atoms with E-state index in [0.717, 1.165) is 41.0 Å². The summed E-state index contributed by atoms with van der Waals surface area (Å²) in [5.74, 6) is -2.00. The molecule has 1 saturated heterocycles. The van der Waals surface area contributed by atoms with Crippen LogP contribution in [0.3, 0.4) is 0 Å². The van der Waals surface area contributed by atoms with E-state index in [1.54, 1.807) is 4.90 Å². The van der Waals surface area contributed by atoms with Crippen LogP contribution >= 0.6 is 0 Å². The van der Waals surface area contributed by atoms with Gasteiger partial charge in [0.05, 0.1) is 0 Å². The Kier molecular flexibility index (Phi) is 4.98. The molecule has 0 radical (unpaired) electrons. The van der Waals surface area contributed by atoms with Gasteiger partial charge in [-0.05, 0) is 30.4 Å². The molecule has 0 N–H and O–H groups in total. The van der Waals surface area contributed by atoms with Crippen molar-refractivity contribution in [2.24, 2.45) is 0 Å². The largest absolute Gasteiger partial charge is 0.337 e. The number of amides is 5. The number of rotatable bonds is 4. The minimum absolute atomic E-state index is 0.213. The van der Waals surface area contributed by atoms with Gasteiger partial charge in [0.2, 0.25) is 5.91 Å². The first-order valence-electron chi connectivity index (χ1n) is 9.77. The number of carbonyl (C=O) groups excluding carboxylic acids is 4. The van der Waals surface area contributed by atoms with Crippen LogP contribution in [0.2, 0.25) is 0 Å². The molecule has 1 saturated carbocycles. The molecular weight excluding hydrogens is 358 g/mol. The van der Waals surface area contributed by atoms with Crippen LogP contribution in [0.5, 0.6) is 0 Å². The van der Waals surface area contributed by atoms with Crippen molar-refractivity contribution in [3.8, 4) is 0 Å². The van der Waals surface area contributed by atoms with Crippen molar-refractivity contribution < 1.29 is 19.2 Å². The summed E-state index contributed by atoms with van der Waals surface area (Å²) in [6.07, 6.45) is 6.06. The molecule has 1 aromatic carbocycles. The lowest BCUT2D eigenvalue weighted by atomic mass is 9.99. The molecule has 2 aliphatic heterocycles. The first kappa shape index (κ1) is 18.4. The molecule has 7 heteroatoms. The van der Waals surface area contributed by atoms with Gasteiger partial charge in [0, 0.05) is 19.1 Å². The smallest absolute Gasteiger partial charge is 0.334 e. The lowest BCUT2D eigenvalue weighted by Crippen LogP contribution is -2.45. The molecular formula is C21H23N3O4. The van der Waals surface area contributed by atoms with Crippen LogP contribution in [0.1, 0.15) is 37.7 Å². The fourth-order valence-electron chi connectivity index (χ4n) is 4.19. The molecule has 0 spiro atoms. The Bertz CT molecular complexity index is 842. The van der Waals surface area contributed by atoms with Crippen LogP contribution in [0.25, 0.3) is 5.57 Å². The highest BCUT2D eigenvalue weighted by Crippen LogP contribution is 2.28. The van der Waals surface area contributed by atoms with Crippen LogP contribution in [-0.2, 0) is 14.4 Å². The lowest BCUT2D eigenvalue weighted by molar-refractivity contribution is -0.145. The standard InChI is InChI=1S/C21H23N3O4/c25-18(22-12-10-16(11-13-22)15-6-2-1-3-7-15)14-23-19(26)20(27)24(21(23)28)17-8-4-5-9-17/h1-3,6-7,10,17H,4-5,8-9,11-14H2. The van der Waals surface area contributed by atoms with E-state index in [1.807, 2.05) is 36.4 Å². The second-order valence-electron chi connectivity index (χ2n) is 7.47. The number of benzene rings is 1. The van der Waals surface area contributed by atoms with Crippen molar-refractivity contribution in [1.82, 2.24) is 14.7 Å². The van der Waals surface area contributed by atoms with Gasteiger partial charge in [0.25, 0.3) is 0 Å². The molecule has 28 heavy (non-hydrogen) atoms. The molecule has 0 unspecified atom stereocenters. The number of hydrogen-bond acceptors (Lipinski definition) is 4. The molecule has 1 aliphatic carbocycles. The van der Waals surface area contributed by atoms with E-state index in [-0.39, 0.29) is 18.5 Å². The second-order valence-corrected chi connectivity index (χ2v) is 7.47. The van der Waals surface area contributed by atoms with E-state index in [9.17, 15) is 19.2 Å². The molecule has 146 valence electrons. The van der Waals surface area contributed by atoms with E-state index < -0.39 is 17.8 Å². The third-order valence-electron chi connectivity index (χ3n) is 5.77. The third-order valence-corrected chi connectivity index (χ3v) is 5.77. The molecule has 0 aromatic heterocycles. The highest BCUT2D eigenvalue weighted by molar-refractivity contribution is 6.45. The van der Waals surface area contributed by atoms with Gasteiger partial charge < -0.3 is 4.90 Å². The minimum Gasteiger partial charge on any atom is -0.337 e. The molecule has 7 nitrogen and oxygen atoms in total. The molecule has 0 atom stereocenters. The second kappa shape index (κ2) is 7.58. The van der Waals surface area contributed by atoms with Gasteiger partial charge in [-0.1, -0.05) is 49.2 Å². The first-order valence-corrected chi connectivity index (χ1v) is 9.77. The van der Waals surface area contributed by atoms with Gasteiger partial charge in [-0.2, -0.15) is 0 Å². The maximum Gasteiger partial charge on any atom is 0.334 e. The summed E-state index contributed by atoms with van der Waals surface area (Å²) in [5, 5.41) is 0. The van der Waals surface area contributed by atoms with E-state index in [1.165, 1.54) is 5.57 Å². The van der Waals surface area contributed by atoms with E-state index >= 15 is 0 Å². The predicted octanol–water partition coefficient (Wildman–Crippen LogP) is 2.04. The Labute approximate surface area is 163 Å². The third kappa shape index (κ3) is 3.32. The Morgan fingerprint density at radius 2 is 1.71 bits per heavy atom. The Morgan fingerprint density at radius 3 is 2.36 bits per heavy atom. The Morgan fingerprint density at radius 1 is 1.00 bits per heavy atom. The summed E-state index contributed by atoms with van der Waals surface area (Å²) in [6, 6.07) is 9.13. The summed E-state index contributed by atoms with van der Waals surface area (Å²) in [7, 11) is 0. The molecule has 1 aromatic rings. The van der Waals surface area contributed by atoms with Crippen molar-refractivity contribution in [2.45, 2.75) is 38.1 Å². The zero-order valence-electron chi connectivity index (χ0n) is 15.7. The number of urea groups is 1. The van der Waals surface area contributed by atoms with Gasteiger partial charge in [-0.25, -0.2) is 9.69 Å². The van der Waals surface area contributed by atoms with Gasteiger partial charge >= 0.3 is 17.8 Å². The van der Waals surface area contributed by atoms with Crippen LogP contribution in [-0.4, -0.2) is 64.1 Å².